The zero-order valence-electron chi connectivity index (χ0n) is 17.1. The predicted molar refractivity (Wildman–Crippen MR) is 125 cm³/mol. The molecule has 2 rings (SSSR count). The quantitative estimate of drug-likeness (QED) is 0.261. The number of hydrogen-bond donors (Lipinski definition) is 3. The molecule has 0 aromatic heterocycles. The van der Waals surface area contributed by atoms with Gasteiger partial charge in [0.25, 0.3) is 0 Å². The average molecular weight is 502 g/mol. The highest BCUT2D eigenvalue weighted by atomic mass is 127. The van der Waals surface area contributed by atoms with Crippen molar-refractivity contribution in [2.75, 3.05) is 33.4 Å². The fourth-order valence-corrected chi connectivity index (χ4v) is 3.57. The molecule has 0 bridgehead atoms. The molecule has 0 aliphatic heterocycles. The van der Waals surface area contributed by atoms with Crippen LogP contribution in [0.2, 0.25) is 0 Å². The largest absolute Gasteiger partial charge is 0.385 e. The van der Waals surface area contributed by atoms with Gasteiger partial charge in [-0.25, -0.2) is 4.99 Å². The number of aliphatic imine (C=N–C) groups is 1. The highest BCUT2D eigenvalue weighted by Crippen LogP contribution is 2.40. The van der Waals surface area contributed by atoms with Crippen LogP contribution in [0.5, 0.6) is 0 Å². The third-order valence-electron chi connectivity index (χ3n) is 5.19. The van der Waals surface area contributed by atoms with Gasteiger partial charge in [-0.1, -0.05) is 43.2 Å². The summed E-state index contributed by atoms with van der Waals surface area (Å²) in [7, 11) is 1.76. The molecular weight excluding hydrogens is 467 g/mol. The Hall–Kier alpha value is -1.35. The van der Waals surface area contributed by atoms with Gasteiger partial charge in [0.15, 0.2) is 5.96 Å². The SMILES string of the molecule is CCNC(=NCC(=O)NCc1ccccc1)NCC1(CCOC)CCCC1.I. The molecule has 158 valence electrons. The molecule has 1 amide bonds. The summed E-state index contributed by atoms with van der Waals surface area (Å²) in [6.45, 7) is 5.10. The summed E-state index contributed by atoms with van der Waals surface area (Å²) in [4.78, 5) is 16.5. The Morgan fingerprint density at radius 1 is 1.14 bits per heavy atom. The van der Waals surface area contributed by atoms with Gasteiger partial charge < -0.3 is 20.7 Å². The van der Waals surface area contributed by atoms with Gasteiger partial charge in [0, 0.05) is 33.4 Å². The molecule has 1 aliphatic rings. The normalized spacial score (nSPS) is 15.6. The molecule has 1 saturated carbocycles. The molecule has 1 aliphatic carbocycles. The molecule has 7 heteroatoms. The molecule has 6 nitrogen and oxygen atoms in total. The number of amides is 1. The van der Waals surface area contributed by atoms with Crippen LogP contribution < -0.4 is 16.0 Å². The fourth-order valence-electron chi connectivity index (χ4n) is 3.57. The minimum absolute atomic E-state index is 0. The maximum absolute atomic E-state index is 12.1. The van der Waals surface area contributed by atoms with Crippen LogP contribution >= 0.6 is 24.0 Å². The van der Waals surface area contributed by atoms with Crippen LogP contribution in [0.15, 0.2) is 35.3 Å². The Kier molecular flexibility index (Phi) is 12.1. The van der Waals surface area contributed by atoms with Crippen LogP contribution in [-0.4, -0.2) is 45.2 Å². The van der Waals surface area contributed by atoms with Crippen LogP contribution in [0.1, 0.15) is 44.6 Å². The summed E-state index contributed by atoms with van der Waals surface area (Å²) < 4.78 is 5.30. The van der Waals surface area contributed by atoms with E-state index >= 15 is 0 Å². The van der Waals surface area contributed by atoms with Crippen LogP contribution in [0.4, 0.5) is 0 Å². The van der Waals surface area contributed by atoms with E-state index in [4.69, 9.17) is 4.74 Å². The van der Waals surface area contributed by atoms with Crippen molar-refractivity contribution in [3.63, 3.8) is 0 Å². The first-order valence-electron chi connectivity index (χ1n) is 9.99. The lowest BCUT2D eigenvalue weighted by Gasteiger charge is -2.30. The molecule has 0 heterocycles. The average Bonchev–Trinajstić information content (AvgIpc) is 3.17. The molecule has 0 saturated heterocycles. The summed E-state index contributed by atoms with van der Waals surface area (Å²) in [5.74, 6) is 0.627. The van der Waals surface area contributed by atoms with E-state index in [1.54, 1.807) is 7.11 Å². The number of methoxy groups -OCH3 is 1. The molecule has 0 spiro atoms. The number of carbonyl (C=O) groups is 1. The molecule has 0 unspecified atom stereocenters. The standard InChI is InChI=1S/C21H34N4O2.HI/c1-3-22-20(25-17-21(13-14-27-2)11-7-8-12-21)24-16-19(26)23-15-18-9-5-4-6-10-18;/h4-6,9-10H,3,7-8,11-17H2,1-2H3,(H,23,26)(H2,22,24,25);1H. The van der Waals surface area contributed by atoms with Crippen LogP contribution in [-0.2, 0) is 16.1 Å². The molecule has 0 radical (unpaired) electrons. The van der Waals surface area contributed by atoms with E-state index in [0.717, 1.165) is 31.7 Å². The van der Waals surface area contributed by atoms with Gasteiger partial charge in [-0.3, -0.25) is 4.79 Å². The van der Waals surface area contributed by atoms with Crippen molar-refractivity contribution >= 4 is 35.8 Å². The maximum Gasteiger partial charge on any atom is 0.242 e. The first kappa shape index (κ1) is 24.7. The first-order chi connectivity index (χ1) is 13.2. The van der Waals surface area contributed by atoms with E-state index in [-0.39, 0.29) is 41.8 Å². The highest BCUT2D eigenvalue weighted by Gasteiger charge is 2.33. The Labute approximate surface area is 186 Å². The number of guanidine groups is 1. The van der Waals surface area contributed by atoms with Crippen molar-refractivity contribution in [3.8, 4) is 0 Å². The number of benzene rings is 1. The molecule has 3 N–H and O–H groups in total. The van der Waals surface area contributed by atoms with Crippen molar-refractivity contribution in [1.29, 1.82) is 0 Å². The minimum atomic E-state index is -0.0778. The number of ether oxygens (including phenoxy) is 1. The van der Waals surface area contributed by atoms with E-state index in [0.29, 0.717) is 12.5 Å². The summed E-state index contributed by atoms with van der Waals surface area (Å²) in [6.07, 6.45) is 6.07. The van der Waals surface area contributed by atoms with Gasteiger partial charge in [-0.2, -0.15) is 0 Å². The third-order valence-corrected chi connectivity index (χ3v) is 5.19. The zero-order valence-corrected chi connectivity index (χ0v) is 19.5. The number of halogens is 1. The van der Waals surface area contributed by atoms with E-state index < -0.39 is 0 Å². The Balaban J connectivity index is 0.00000392. The smallest absolute Gasteiger partial charge is 0.242 e. The van der Waals surface area contributed by atoms with Crippen molar-refractivity contribution in [2.24, 2.45) is 10.4 Å². The number of nitrogens with one attached hydrogen (secondary N) is 3. The van der Waals surface area contributed by atoms with E-state index in [2.05, 4.69) is 20.9 Å². The molecule has 1 fully saturated rings. The van der Waals surface area contributed by atoms with E-state index in [9.17, 15) is 4.79 Å². The third kappa shape index (κ3) is 8.77. The molecular formula is C21H35IN4O2. The molecule has 1 aromatic carbocycles. The summed E-state index contributed by atoms with van der Waals surface area (Å²) in [5, 5.41) is 9.59. The number of nitrogens with zero attached hydrogens (tertiary/aromatic N) is 1. The number of hydrogen-bond acceptors (Lipinski definition) is 3. The second-order valence-corrected chi connectivity index (χ2v) is 7.26. The lowest BCUT2D eigenvalue weighted by molar-refractivity contribution is -0.119. The van der Waals surface area contributed by atoms with Crippen molar-refractivity contribution in [1.82, 2.24) is 16.0 Å². The van der Waals surface area contributed by atoms with E-state index in [1.165, 1.54) is 25.7 Å². The van der Waals surface area contributed by atoms with Gasteiger partial charge in [0.05, 0.1) is 0 Å². The van der Waals surface area contributed by atoms with Crippen molar-refractivity contribution < 1.29 is 9.53 Å². The van der Waals surface area contributed by atoms with Crippen LogP contribution in [0.3, 0.4) is 0 Å². The zero-order chi connectivity index (χ0) is 19.4. The predicted octanol–water partition coefficient (Wildman–Crippen LogP) is 3.07. The Bertz CT molecular complexity index is 589. The Morgan fingerprint density at radius 3 is 2.50 bits per heavy atom. The highest BCUT2D eigenvalue weighted by molar-refractivity contribution is 14.0. The van der Waals surface area contributed by atoms with Crippen LogP contribution in [0.25, 0.3) is 0 Å². The summed E-state index contributed by atoms with van der Waals surface area (Å²) >= 11 is 0. The van der Waals surface area contributed by atoms with Crippen LogP contribution in [0, 0.1) is 5.41 Å². The Morgan fingerprint density at radius 2 is 1.86 bits per heavy atom. The molecule has 1 aromatic rings. The summed E-state index contributed by atoms with van der Waals surface area (Å²) in [5.41, 5.74) is 1.36. The fraction of sp³-hybridized carbons (Fsp3) is 0.619. The molecule has 28 heavy (non-hydrogen) atoms. The van der Waals surface area contributed by atoms with Crippen molar-refractivity contribution in [2.45, 2.75) is 45.6 Å². The topological polar surface area (TPSA) is 74.8 Å². The van der Waals surface area contributed by atoms with Gasteiger partial charge in [0.2, 0.25) is 5.91 Å². The monoisotopic (exact) mass is 502 g/mol. The van der Waals surface area contributed by atoms with Gasteiger partial charge in [-0.15, -0.1) is 24.0 Å². The number of carbonyl (C=O) groups excluding carboxylic acids is 1. The maximum atomic E-state index is 12.1. The van der Waals surface area contributed by atoms with Gasteiger partial charge in [0.1, 0.15) is 6.54 Å². The molecule has 0 atom stereocenters. The second kappa shape index (κ2) is 13.8. The first-order valence-corrected chi connectivity index (χ1v) is 9.99. The number of rotatable bonds is 10. The minimum Gasteiger partial charge on any atom is -0.385 e. The van der Waals surface area contributed by atoms with Crippen molar-refractivity contribution in [3.05, 3.63) is 35.9 Å². The van der Waals surface area contributed by atoms with Gasteiger partial charge in [-0.05, 0) is 37.2 Å². The second-order valence-electron chi connectivity index (χ2n) is 7.26. The lowest BCUT2D eigenvalue weighted by atomic mass is 9.83. The summed E-state index contributed by atoms with van der Waals surface area (Å²) in [6, 6.07) is 9.89. The van der Waals surface area contributed by atoms with E-state index in [1.807, 2.05) is 37.3 Å². The lowest BCUT2D eigenvalue weighted by Crippen LogP contribution is -2.44. The van der Waals surface area contributed by atoms with Gasteiger partial charge >= 0.3 is 0 Å².